The first-order valence-corrected chi connectivity index (χ1v) is 7.96. The van der Waals surface area contributed by atoms with E-state index in [1.807, 2.05) is 0 Å². The number of carboxylic acids is 1. The molecule has 8 heteroatoms. The Bertz CT molecular complexity index is 653. The Morgan fingerprint density at radius 1 is 1.33 bits per heavy atom. The molecular weight excluding hydrogens is 301 g/mol. The number of benzene rings is 1. The fourth-order valence-corrected chi connectivity index (χ4v) is 4.08. The van der Waals surface area contributed by atoms with Gasteiger partial charge in [-0.1, -0.05) is 12.8 Å². The van der Waals surface area contributed by atoms with Gasteiger partial charge < -0.3 is 10.2 Å². The minimum Gasteiger partial charge on any atom is -0.478 e. The van der Waals surface area contributed by atoms with Gasteiger partial charge in [0.2, 0.25) is 10.0 Å². The Hall–Kier alpha value is -1.51. The number of aliphatic hydroxyl groups is 1. The minimum atomic E-state index is -4.25. The summed E-state index contributed by atoms with van der Waals surface area (Å²) in [5.41, 5.74) is -1.31. The van der Waals surface area contributed by atoms with Crippen molar-refractivity contribution in [3.05, 3.63) is 29.6 Å². The fraction of sp³-hybridized carbons (Fsp3) is 0.462. The lowest BCUT2D eigenvalue weighted by Gasteiger charge is -2.27. The maximum absolute atomic E-state index is 13.8. The molecule has 0 heterocycles. The molecular formula is C13H16FNO5S. The van der Waals surface area contributed by atoms with Crippen LogP contribution in [0.2, 0.25) is 0 Å². The average molecular weight is 317 g/mol. The van der Waals surface area contributed by atoms with E-state index in [1.165, 1.54) is 0 Å². The molecule has 6 nitrogen and oxygen atoms in total. The highest BCUT2D eigenvalue weighted by Gasteiger charge is 2.38. The monoisotopic (exact) mass is 317 g/mol. The van der Waals surface area contributed by atoms with E-state index in [0.717, 1.165) is 31.0 Å². The van der Waals surface area contributed by atoms with E-state index >= 15 is 0 Å². The zero-order valence-corrected chi connectivity index (χ0v) is 12.0. The topological polar surface area (TPSA) is 104 Å². The Morgan fingerprint density at radius 3 is 2.48 bits per heavy atom. The molecule has 0 bridgehead atoms. The van der Waals surface area contributed by atoms with E-state index in [2.05, 4.69) is 4.72 Å². The Kier molecular flexibility index (Phi) is 4.31. The van der Waals surface area contributed by atoms with E-state index in [0.29, 0.717) is 12.8 Å². The van der Waals surface area contributed by atoms with Gasteiger partial charge in [-0.15, -0.1) is 0 Å². The number of carbonyl (C=O) groups is 1. The van der Waals surface area contributed by atoms with Crippen LogP contribution in [0.25, 0.3) is 0 Å². The van der Waals surface area contributed by atoms with Gasteiger partial charge in [0.1, 0.15) is 10.7 Å². The van der Waals surface area contributed by atoms with Crippen LogP contribution in [0.3, 0.4) is 0 Å². The maximum atomic E-state index is 13.8. The van der Waals surface area contributed by atoms with Crippen LogP contribution in [0, 0.1) is 5.82 Å². The second-order valence-electron chi connectivity index (χ2n) is 5.20. The quantitative estimate of drug-likeness (QED) is 0.754. The lowest BCUT2D eigenvalue weighted by molar-refractivity contribution is 0.0696. The minimum absolute atomic E-state index is 0.318. The molecule has 3 N–H and O–H groups in total. The summed E-state index contributed by atoms with van der Waals surface area (Å²) in [6.45, 7) is -0.382. The molecule has 0 unspecified atom stereocenters. The summed E-state index contributed by atoms with van der Waals surface area (Å²) in [7, 11) is -4.25. The van der Waals surface area contributed by atoms with Gasteiger partial charge in [0, 0.05) is 0 Å². The molecule has 0 amide bonds. The standard InChI is InChI=1S/C13H16FNO5S/c14-10-4-3-9(12(17)18)7-11(10)21(19,20)15-13(8-16)5-1-2-6-13/h3-4,7,15-16H,1-2,5-6,8H2,(H,17,18). The molecule has 2 rings (SSSR count). The van der Waals surface area contributed by atoms with Gasteiger partial charge >= 0.3 is 5.97 Å². The van der Waals surface area contributed by atoms with Crippen LogP contribution in [0.4, 0.5) is 4.39 Å². The number of sulfonamides is 1. The van der Waals surface area contributed by atoms with Crippen LogP contribution in [0.1, 0.15) is 36.0 Å². The predicted molar refractivity (Wildman–Crippen MR) is 72.0 cm³/mol. The van der Waals surface area contributed by atoms with Gasteiger partial charge in [-0.2, -0.15) is 0 Å². The van der Waals surface area contributed by atoms with E-state index < -0.39 is 32.2 Å². The first-order chi connectivity index (χ1) is 9.80. The number of rotatable bonds is 5. The number of hydrogen-bond acceptors (Lipinski definition) is 4. The van der Waals surface area contributed by atoms with Crippen molar-refractivity contribution in [2.45, 2.75) is 36.1 Å². The van der Waals surface area contributed by atoms with E-state index in [1.54, 1.807) is 0 Å². The highest BCUT2D eigenvalue weighted by Crippen LogP contribution is 2.31. The van der Waals surface area contributed by atoms with Crippen molar-refractivity contribution < 1.29 is 27.8 Å². The maximum Gasteiger partial charge on any atom is 0.335 e. The Balaban J connectivity index is 2.39. The van der Waals surface area contributed by atoms with Crippen molar-refractivity contribution in [1.82, 2.24) is 4.72 Å². The van der Waals surface area contributed by atoms with Crippen molar-refractivity contribution in [2.24, 2.45) is 0 Å². The summed E-state index contributed by atoms with van der Waals surface area (Å²) >= 11 is 0. The Morgan fingerprint density at radius 2 is 1.95 bits per heavy atom. The van der Waals surface area contributed by atoms with Gasteiger partial charge in [0.25, 0.3) is 0 Å². The summed E-state index contributed by atoms with van der Waals surface area (Å²) in [4.78, 5) is 10.2. The number of aliphatic hydroxyl groups excluding tert-OH is 1. The summed E-state index contributed by atoms with van der Waals surface area (Å²) in [6.07, 6.45) is 2.45. The second kappa shape index (κ2) is 5.70. The third-order valence-electron chi connectivity index (χ3n) is 3.68. The van der Waals surface area contributed by atoms with Gasteiger partial charge in [-0.3, -0.25) is 0 Å². The predicted octanol–water partition coefficient (Wildman–Crippen LogP) is 1.11. The smallest absolute Gasteiger partial charge is 0.335 e. The summed E-state index contributed by atoms with van der Waals surface area (Å²) < 4.78 is 40.7. The molecule has 0 atom stereocenters. The number of nitrogens with one attached hydrogen (secondary N) is 1. The number of aromatic carboxylic acids is 1. The van der Waals surface area contributed by atoms with Gasteiger partial charge in [-0.05, 0) is 31.0 Å². The van der Waals surface area contributed by atoms with Crippen LogP contribution >= 0.6 is 0 Å². The van der Waals surface area contributed by atoms with Gasteiger partial charge in [-0.25, -0.2) is 22.3 Å². The molecule has 1 aliphatic rings. The first kappa shape index (κ1) is 15.9. The molecule has 0 aromatic heterocycles. The molecule has 0 aliphatic heterocycles. The molecule has 1 saturated carbocycles. The molecule has 116 valence electrons. The van der Waals surface area contributed by atoms with Crippen molar-refractivity contribution in [3.8, 4) is 0 Å². The van der Waals surface area contributed by atoms with Crippen molar-refractivity contribution >= 4 is 16.0 Å². The summed E-state index contributed by atoms with van der Waals surface area (Å²) in [6, 6.07) is 2.58. The normalized spacial score (nSPS) is 17.8. The van der Waals surface area contributed by atoms with Crippen LogP contribution in [-0.4, -0.2) is 36.7 Å². The fourth-order valence-electron chi connectivity index (χ4n) is 2.53. The Labute approximate surface area is 121 Å². The molecule has 0 radical (unpaired) electrons. The average Bonchev–Trinajstić information content (AvgIpc) is 2.87. The number of carboxylic acid groups (broad SMARTS) is 1. The molecule has 0 spiro atoms. The first-order valence-electron chi connectivity index (χ1n) is 6.47. The van der Waals surface area contributed by atoms with Crippen molar-refractivity contribution in [2.75, 3.05) is 6.61 Å². The van der Waals surface area contributed by atoms with Crippen LogP contribution in [0.15, 0.2) is 23.1 Å². The molecule has 0 saturated heterocycles. The highest BCUT2D eigenvalue weighted by atomic mass is 32.2. The zero-order valence-electron chi connectivity index (χ0n) is 11.2. The van der Waals surface area contributed by atoms with Crippen LogP contribution in [-0.2, 0) is 10.0 Å². The van der Waals surface area contributed by atoms with Crippen molar-refractivity contribution in [3.63, 3.8) is 0 Å². The molecule has 1 aromatic rings. The van der Waals surface area contributed by atoms with Crippen molar-refractivity contribution in [1.29, 1.82) is 0 Å². The molecule has 1 aliphatic carbocycles. The van der Waals surface area contributed by atoms with Gasteiger partial charge in [0.15, 0.2) is 0 Å². The van der Waals surface area contributed by atoms with E-state index in [-0.39, 0.29) is 12.2 Å². The van der Waals surface area contributed by atoms with Gasteiger partial charge in [0.05, 0.1) is 17.7 Å². The number of halogens is 1. The van der Waals surface area contributed by atoms with E-state index in [4.69, 9.17) is 5.11 Å². The molecule has 1 aromatic carbocycles. The largest absolute Gasteiger partial charge is 0.478 e. The SMILES string of the molecule is O=C(O)c1ccc(F)c(S(=O)(=O)NC2(CO)CCCC2)c1. The summed E-state index contributed by atoms with van der Waals surface area (Å²) in [5.74, 6) is -2.37. The zero-order chi connectivity index (χ0) is 15.7. The third kappa shape index (κ3) is 3.22. The van der Waals surface area contributed by atoms with Crippen LogP contribution in [0.5, 0.6) is 0 Å². The molecule has 1 fully saturated rings. The number of hydrogen-bond donors (Lipinski definition) is 3. The lowest BCUT2D eigenvalue weighted by Crippen LogP contribution is -2.49. The highest BCUT2D eigenvalue weighted by molar-refractivity contribution is 7.89. The second-order valence-corrected chi connectivity index (χ2v) is 6.85. The van der Waals surface area contributed by atoms with Crippen LogP contribution < -0.4 is 4.72 Å². The molecule has 21 heavy (non-hydrogen) atoms. The van der Waals surface area contributed by atoms with E-state index in [9.17, 15) is 22.7 Å². The third-order valence-corrected chi connectivity index (χ3v) is 5.28. The lowest BCUT2D eigenvalue weighted by atomic mass is 10.0. The summed E-state index contributed by atoms with van der Waals surface area (Å²) in [5, 5.41) is 18.3.